The van der Waals surface area contributed by atoms with Crippen LogP contribution in [0.25, 0.3) is 0 Å². The predicted molar refractivity (Wildman–Crippen MR) is 65.7 cm³/mol. The number of benzene rings is 1. The van der Waals surface area contributed by atoms with E-state index in [1.54, 1.807) is 0 Å². The van der Waals surface area contributed by atoms with Gasteiger partial charge in [0.15, 0.2) is 0 Å². The molecule has 0 fully saturated rings. The Labute approximate surface area is 92.7 Å². The van der Waals surface area contributed by atoms with Crippen LogP contribution < -0.4 is 11.5 Å². The van der Waals surface area contributed by atoms with Crippen molar-refractivity contribution in [2.45, 2.75) is 46.2 Å². The van der Waals surface area contributed by atoms with Gasteiger partial charge in [-0.1, -0.05) is 32.9 Å². The Balaban J connectivity index is 3.32. The molecule has 0 radical (unpaired) electrons. The summed E-state index contributed by atoms with van der Waals surface area (Å²) in [6.45, 7) is 10.8. The topological polar surface area (TPSA) is 52.0 Å². The predicted octanol–water partition coefficient (Wildman–Crippen LogP) is 2.52. The number of rotatable bonds is 1. The van der Waals surface area contributed by atoms with Crippen LogP contribution in [0.3, 0.4) is 0 Å². The minimum Gasteiger partial charge on any atom is -0.312 e. The molecule has 84 valence electrons. The van der Waals surface area contributed by atoms with Crippen LogP contribution in [0.5, 0.6) is 0 Å². The molecule has 4 N–H and O–H groups in total. The lowest BCUT2D eigenvalue weighted by Gasteiger charge is -2.23. The number of aryl methyl sites for hydroxylation is 2. The first-order valence-electron chi connectivity index (χ1n) is 5.36. The van der Waals surface area contributed by atoms with Gasteiger partial charge in [-0.25, -0.2) is 0 Å². The van der Waals surface area contributed by atoms with Crippen molar-refractivity contribution < 1.29 is 0 Å². The fourth-order valence-corrected chi connectivity index (χ4v) is 1.93. The molecular weight excluding hydrogens is 184 g/mol. The lowest BCUT2D eigenvalue weighted by molar-refractivity contribution is 0.587. The molecule has 0 aliphatic rings. The molecule has 0 heterocycles. The quantitative estimate of drug-likeness (QED) is 0.694. The first-order chi connectivity index (χ1) is 6.73. The van der Waals surface area contributed by atoms with Gasteiger partial charge in [-0.15, -0.1) is 0 Å². The third kappa shape index (κ3) is 2.58. The summed E-state index contributed by atoms with van der Waals surface area (Å²) in [7, 11) is 0. The molecule has 0 amide bonds. The highest BCUT2D eigenvalue weighted by Crippen LogP contribution is 2.27. The van der Waals surface area contributed by atoms with Gasteiger partial charge in [-0.3, -0.25) is 0 Å². The molecular formula is C13H22N2. The SMILES string of the molecule is Cc1cc(C(C)(C)C)cc(C)c1C(N)N. The van der Waals surface area contributed by atoms with E-state index in [1.165, 1.54) is 16.7 Å². The van der Waals surface area contributed by atoms with Gasteiger partial charge in [-0.05, 0) is 41.5 Å². The smallest absolute Gasteiger partial charge is 0.0789 e. The molecule has 1 aromatic rings. The van der Waals surface area contributed by atoms with Crippen LogP contribution in [-0.2, 0) is 5.41 Å². The lowest BCUT2D eigenvalue weighted by atomic mass is 9.83. The minimum absolute atomic E-state index is 0.173. The van der Waals surface area contributed by atoms with Crippen LogP contribution in [0.4, 0.5) is 0 Å². The van der Waals surface area contributed by atoms with Crippen molar-refractivity contribution in [1.29, 1.82) is 0 Å². The molecule has 0 saturated heterocycles. The molecule has 15 heavy (non-hydrogen) atoms. The van der Waals surface area contributed by atoms with Gasteiger partial charge in [0.05, 0.1) is 6.17 Å². The van der Waals surface area contributed by atoms with Crippen LogP contribution in [0.1, 0.15) is 49.2 Å². The second kappa shape index (κ2) is 3.95. The van der Waals surface area contributed by atoms with Crippen LogP contribution >= 0.6 is 0 Å². The molecule has 1 aromatic carbocycles. The zero-order valence-electron chi connectivity index (χ0n) is 10.4. The Hall–Kier alpha value is -0.860. The molecule has 0 spiro atoms. The number of hydrogen-bond donors (Lipinski definition) is 2. The third-order valence-corrected chi connectivity index (χ3v) is 2.79. The van der Waals surface area contributed by atoms with Crippen LogP contribution in [0.15, 0.2) is 12.1 Å². The van der Waals surface area contributed by atoms with Crippen LogP contribution in [0.2, 0.25) is 0 Å². The standard InChI is InChI=1S/C13H22N2/c1-8-6-10(13(3,4)5)7-9(2)11(8)12(14)15/h6-7,12H,14-15H2,1-5H3. The van der Waals surface area contributed by atoms with Gasteiger partial charge in [0.25, 0.3) is 0 Å². The molecule has 0 unspecified atom stereocenters. The van der Waals surface area contributed by atoms with Crippen LogP contribution in [0, 0.1) is 13.8 Å². The van der Waals surface area contributed by atoms with E-state index in [-0.39, 0.29) is 11.6 Å². The third-order valence-electron chi connectivity index (χ3n) is 2.79. The van der Waals surface area contributed by atoms with Crippen molar-refractivity contribution in [1.82, 2.24) is 0 Å². The second-order valence-electron chi connectivity index (χ2n) is 5.30. The summed E-state index contributed by atoms with van der Waals surface area (Å²) >= 11 is 0. The van der Waals surface area contributed by atoms with E-state index in [4.69, 9.17) is 11.5 Å². The molecule has 0 saturated carbocycles. The maximum atomic E-state index is 5.75. The zero-order valence-corrected chi connectivity index (χ0v) is 10.4. The van der Waals surface area contributed by atoms with Gasteiger partial charge in [0.1, 0.15) is 0 Å². The summed E-state index contributed by atoms with van der Waals surface area (Å²) in [4.78, 5) is 0. The first kappa shape index (κ1) is 12.2. The molecule has 0 aliphatic heterocycles. The lowest BCUT2D eigenvalue weighted by Crippen LogP contribution is -2.23. The van der Waals surface area contributed by atoms with E-state index in [9.17, 15) is 0 Å². The summed E-state index contributed by atoms with van der Waals surface area (Å²) in [5.74, 6) is 0. The fourth-order valence-electron chi connectivity index (χ4n) is 1.93. The van der Waals surface area contributed by atoms with Gasteiger partial charge < -0.3 is 11.5 Å². The van der Waals surface area contributed by atoms with E-state index >= 15 is 0 Å². The average molecular weight is 206 g/mol. The van der Waals surface area contributed by atoms with E-state index in [2.05, 4.69) is 46.8 Å². The summed E-state index contributed by atoms with van der Waals surface area (Å²) < 4.78 is 0. The van der Waals surface area contributed by atoms with E-state index < -0.39 is 0 Å². The van der Waals surface area contributed by atoms with Gasteiger partial charge in [0.2, 0.25) is 0 Å². The van der Waals surface area contributed by atoms with Crippen molar-refractivity contribution in [3.63, 3.8) is 0 Å². The second-order valence-corrected chi connectivity index (χ2v) is 5.30. The van der Waals surface area contributed by atoms with Crippen LogP contribution in [-0.4, -0.2) is 0 Å². The van der Waals surface area contributed by atoms with E-state index in [0.717, 1.165) is 5.56 Å². The van der Waals surface area contributed by atoms with Crippen molar-refractivity contribution in [3.05, 3.63) is 34.4 Å². The first-order valence-corrected chi connectivity index (χ1v) is 5.36. The average Bonchev–Trinajstić information content (AvgIpc) is 1.99. The summed E-state index contributed by atoms with van der Waals surface area (Å²) in [5.41, 5.74) is 16.5. The Morgan fingerprint density at radius 2 is 1.40 bits per heavy atom. The zero-order chi connectivity index (χ0) is 11.8. The molecule has 0 aromatic heterocycles. The maximum absolute atomic E-state index is 5.75. The molecule has 0 atom stereocenters. The van der Waals surface area contributed by atoms with E-state index in [1.807, 2.05) is 0 Å². The molecule has 2 heteroatoms. The number of nitrogens with two attached hydrogens (primary N) is 2. The highest BCUT2D eigenvalue weighted by molar-refractivity contribution is 5.41. The highest BCUT2D eigenvalue weighted by Gasteiger charge is 2.17. The van der Waals surface area contributed by atoms with Gasteiger partial charge in [-0.2, -0.15) is 0 Å². The van der Waals surface area contributed by atoms with Crippen molar-refractivity contribution in [3.8, 4) is 0 Å². The Morgan fingerprint density at radius 3 is 1.67 bits per heavy atom. The summed E-state index contributed by atoms with van der Waals surface area (Å²) in [5, 5.41) is 0. The highest BCUT2D eigenvalue weighted by atomic mass is 14.8. The van der Waals surface area contributed by atoms with Crippen molar-refractivity contribution >= 4 is 0 Å². The molecule has 2 nitrogen and oxygen atoms in total. The largest absolute Gasteiger partial charge is 0.312 e. The fraction of sp³-hybridized carbons (Fsp3) is 0.538. The number of hydrogen-bond acceptors (Lipinski definition) is 2. The monoisotopic (exact) mass is 206 g/mol. The minimum atomic E-state index is -0.376. The molecule has 0 aliphatic carbocycles. The maximum Gasteiger partial charge on any atom is 0.0789 e. The van der Waals surface area contributed by atoms with Crippen molar-refractivity contribution in [2.75, 3.05) is 0 Å². The van der Waals surface area contributed by atoms with Gasteiger partial charge >= 0.3 is 0 Å². The normalized spacial score (nSPS) is 12.3. The van der Waals surface area contributed by atoms with E-state index in [0.29, 0.717) is 0 Å². The summed E-state index contributed by atoms with van der Waals surface area (Å²) in [6.07, 6.45) is -0.376. The van der Waals surface area contributed by atoms with Gasteiger partial charge in [0, 0.05) is 0 Å². The Bertz CT molecular complexity index is 336. The Kier molecular flexibility index (Phi) is 3.22. The molecule has 1 rings (SSSR count). The summed E-state index contributed by atoms with van der Waals surface area (Å²) in [6, 6.07) is 4.38. The van der Waals surface area contributed by atoms with Crippen molar-refractivity contribution in [2.24, 2.45) is 11.5 Å². The molecule has 0 bridgehead atoms. The Morgan fingerprint density at radius 1 is 1.00 bits per heavy atom.